The van der Waals surface area contributed by atoms with Gasteiger partial charge in [-0.05, 0) is 42.6 Å². The Morgan fingerprint density at radius 2 is 1.90 bits per heavy atom. The molecular formula is C24H31N3O3. The number of nitrogens with zero attached hydrogens (tertiary/aromatic N) is 2. The predicted octanol–water partition coefficient (Wildman–Crippen LogP) is 3.44. The van der Waals surface area contributed by atoms with Crippen molar-refractivity contribution in [2.24, 2.45) is 0 Å². The summed E-state index contributed by atoms with van der Waals surface area (Å²) in [5, 5.41) is 2.85. The fourth-order valence-electron chi connectivity index (χ4n) is 4.28. The molecule has 2 saturated heterocycles. The normalized spacial score (nSPS) is 20.2. The maximum atomic E-state index is 12.2. The van der Waals surface area contributed by atoms with Crippen LogP contribution in [-0.2, 0) is 11.3 Å². The van der Waals surface area contributed by atoms with Gasteiger partial charge < -0.3 is 14.8 Å². The molecule has 2 aliphatic rings. The molecule has 0 bridgehead atoms. The molecule has 6 nitrogen and oxygen atoms in total. The van der Waals surface area contributed by atoms with Gasteiger partial charge in [0.2, 0.25) is 0 Å². The Hall–Kier alpha value is -2.41. The molecule has 0 aliphatic carbocycles. The first-order chi connectivity index (χ1) is 14.8. The Morgan fingerprint density at radius 1 is 1.07 bits per heavy atom. The Bertz CT molecular complexity index is 808. The maximum absolute atomic E-state index is 12.2. The summed E-state index contributed by atoms with van der Waals surface area (Å²) in [4.78, 5) is 17.0. The summed E-state index contributed by atoms with van der Waals surface area (Å²) in [5.41, 5.74) is 2.54. The van der Waals surface area contributed by atoms with E-state index in [4.69, 9.17) is 9.47 Å². The summed E-state index contributed by atoms with van der Waals surface area (Å²) >= 11 is 0. The van der Waals surface area contributed by atoms with Gasteiger partial charge in [-0.1, -0.05) is 42.5 Å². The molecule has 4 rings (SSSR count). The first-order valence-corrected chi connectivity index (χ1v) is 10.9. The first kappa shape index (κ1) is 20.8. The zero-order valence-electron chi connectivity index (χ0n) is 17.5. The van der Waals surface area contributed by atoms with Gasteiger partial charge in [-0.25, -0.2) is 4.79 Å². The smallest absolute Gasteiger partial charge is 0.410 e. The van der Waals surface area contributed by atoms with Gasteiger partial charge in [0.15, 0.2) is 0 Å². The second kappa shape index (κ2) is 10.6. The van der Waals surface area contributed by atoms with Gasteiger partial charge in [0.05, 0.1) is 13.2 Å². The van der Waals surface area contributed by atoms with E-state index in [1.807, 2.05) is 18.2 Å². The third-order valence-electron chi connectivity index (χ3n) is 5.85. The molecule has 2 fully saturated rings. The van der Waals surface area contributed by atoms with Crippen molar-refractivity contribution in [3.8, 4) is 5.75 Å². The Morgan fingerprint density at radius 3 is 2.73 bits per heavy atom. The molecule has 30 heavy (non-hydrogen) atoms. The summed E-state index contributed by atoms with van der Waals surface area (Å²) in [6.07, 6.45) is 1.92. The fourth-order valence-corrected chi connectivity index (χ4v) is 4.28. The SMILES string of the molecule is O=C(NCCN1CCOCC1)Oc1cccc(C2CCCN2Cc2ccccc2)c1. The molecule has 0 saturated carbocycles. The van der Waals surface area contributed by atoms with Crippen LogP contribution in [0.5, 0.6) is 5.75 Å². The van der Waals surface area contributed by atoms with E-state index >= 15 is 0 Å². The molecular weight excluding hydrogens is 378 g/mol. The summed E-state index contributed by atoms with van der Waals surface area (Å²) in [5.74, 6) is 0.600. The zero-order valence-corrected chi connectivity index (χ0v) is 17.5. The van der Waals surface area contributed by atoms with Gasteiger partial charge in [0, 0.05) is 38.8 Å². The third kappa shape index (κ3) is 5.81. The predicted molar refractivity (Wildman–Crippen MR) is 117 cm³/mol. The van der Waals surface area contributed by atoms with Crippen LogP contribution in [-0.4, -0.2) is 61.8 Å². The molecule has 1 amide bonds. The quantitative estimate of drug-likeness (QED) is 0.759. The zero-order chi connectivity index (χ0) is 20.6. The van der Waals surface area contributed by atoms with Crippen LogP contribution in [0.1, 0.15) is 30.0 Å². The highest BCUT2D eigenvalue weighted by atomic mass is 16.6. The molecule has 2 aromatic rings. The molecule has 1 N–H and O–H groups in total. The second-order valence-electron chi connectivity index (χ2n) is 7.96. The van der Waals surface area contributed by atoms with Crippen molar-refractivity contribution in [2.45, 2.75) is 25.4 Å². The van der Waals surface area contributed by atoms with E-state index in [1.54, 1.807) is 0 Å². The average Bonchev–Trinajstić information content (AvgIpc) is 3.23. The van der Waals surface area contributed by atoms with Gasteiger partial charge in [0.1, 0.15) is 5.75 Å². The van der Waals surface area contributed by atoms with Crippen LogP contribution in [0.4, 0.5) is 4.79 Å². The number of benzene rings is 2. The molecule has 2 aromatic carbocycles. The van der Waals surface area contributed by atoms with Crippen LogP contribution in [0.3, 0.4) is 0 Å². The number of carbonyl (C=O) groups excluding carboxylic acids is 1. The van der Waals surface area contributed by atoms with Gasteiger partial charge in [-0.2, -0.15) is 0 Å². The van der Waals surface area contributed by atoms with E-state index in [0.29, 0.717) is 18.3 Å². The van der Waals surface area contributed by atoms with Crippen molar-refractivity contribution >= 4 is 6.09 Å². The molecule has 1 atom stereocenters. The van der Waals surface area contributed by atoms with Crippen molar-refractivity contribution in [3.05, 3.63) is 65.7 Å². The lowest BCUT2D eigenvalue weighted by atomic mass is 10.0. The van der Waals surface area contributed by atoms with E-state index in [1.165, 1.54) is 17.5 Å². The minimum Gasteiger partial charge on any atom is -0.410 e. The van der Waals surface area contributed by atoms with Crippen LogP contribution in [0.15, 0.2) is 54.6 Å². The molecule has 6 heteroatoms. The third-order valence-corrected chi connectivity index (χ3v) is 5.85. The van der Waals surface area contributed by atoms with E-state index in [-0.39, 0.29) is 0 Å². The molecule has 0 radical (unpaired) electrons. The topological polar surface area (TPSA) is 54.0 Å². The maximum Gasteiger partial charge on any atom is 0.412 e. The van der Waals surface area contributed by atoms with E-state index in [2.05, 4.69) is 51.5 Å². The Labute approximate surface area is 178 Å². The average molecular weight is 410 g/mol. The number of amides is 1. The van der Waals surface area contributed by atoms with Gasteiger partial charge in [0.25, 0.3) is 0 Å². The molecule has 2 heterocycles. The number of hydrogen-bond donors (Lipinski definition) is 1. The molecule has 1 unspecified atom stereocenters. The summed E-state index contributed by atoms with van der Waals surface area (Å²) < 4.78 is 10.9. The second-order valence-corrected chi connectivity index (χ2v) is 7.96. The standard InChI is InChI=1S/C24H31N3O3/c28-24(25-11-13-26-14-16-29-17-15-26)30-22-9-4-8-21(18-22)23-10-5-12-27(23)19-20-6-2-1-3-7-20/h1-4,6-9,18,23H,5,10-17,19H2,(H,25,28). The highest BCUT2D eigenvalue weighted by Gasteiger charge is 2.26. The largest absolute Gasteiger partial charge is 0.412 e. The lowest BCUT2D eigenvalue weighted by molar-refractivity contribution is 0.0385. The van der Waals surface area contributed by atoms with Gasteiger partial charge in [-0.15, -0.1) is 0 Å². The van der Waals surface area contributed by atoms with Crippen LogP contribution < -0.4 is 10.1 Å². The van der Waals surface area contributed by atoms with Crippen LogP contribution in [0, 0.1) is 0 Å². The van der Waals surface area contributed by atoms with Crippen molar-refractivity contribution in [3.63, 3.8) is 0 Å². The summed E-state index contributed by atoms with van der Waals surface area (Å²) in [7, 11) is 0. The fraction of sp³-hybridized carbons (Fsp3) is 0.458. The van der Waals surface area contributed by atoms with Crippen molar-refractivity contribution in [2.75, 3.05) is 45.9 Å². The number of morpholine rings is 1. The number of rotatable bonds is 7. The summed E-state index contributed by atoms with van der Waals surface area (Å²) in [6, 6.07) is 18.9. The molecule has 160 valence electrons. The highest BCUT2D eigenvalue weighted by Crippen LogP contribution is 2.34. The minimum absolute atomic E-state index is 0.359. The number of likely N-dealkylation sites (tertiary alicyclic amines) is 1. The minimum atomic E-state index is -0.395. The van der Waals surface area contributed by atoms with Gasteiger partial charge in [-0.3, -0.25) is 9.80 Å². The van der Waals surface area contributed by atoms with Crippen LogP contribution in [0.2, 0.25) is 0 Å². The summed E-state index contributed by atoms with van der Waals surface area (Å²) in [6.45, 7) is 6.78. The van der Waals surface area contributed by atoms with E-state index < -0.39 is 6.09 Å². The van der Waals surface area contributed by atoms with Crippen LogP contribution in [0.25, 0.3) is 0 Å². The Kier molecular flexibility index (Phi) is 7.34. The van der Waals surface area contributed by atoms with Crippen molar-refractivity contribution in [1.29, 1.82) is 0 Å². The van der Waals surface area contributed by atoms with E-state index in [9.17, 15) is 4.79 Å². The number of ether oxygens (including phenoxy) is 2. The van der Waals surface area contributed by atoms with Crippen molar-refractivity contribution in [1.82, 2.24) is 15.1 Å². The Balaban J connectivity index is 1.30. The monoisotopic (exact) mass is 409 g/mol. The molecule has 0 aromatic heterocycles. The van der Waals surface area contributed by atoms with Crippen molar-refractivity contribution < 1.29 is 14.3 Å². The number of nitrogens with one attached hydrogen (secondary N) is 1. The molecule has 2 aliphatic heterocycles. The number of hydrogen-bond acceptors (Lipinski definition) is 5. The molecule has 0 spiro atoms. The van der Waals surface area contributed by atoms with Crippen LogP contribution >= 0.6 is 0 Å². The first-order valence-electron chi connectivity index (χ1n) is 10.9. The highest BCUT2D eigenvalue weighted by molar-refractivity contribution is 5.70. The number of carbonyl (C=O) groups is 1. The lowest BCUT2D eigenvalue weighted by Gasteiger charge is -2.26. The van der Waals surface area contributed by atoms with Gasteiger partial charge >= 0.3 is 6.09 Å². The van der Waals surface area contributed by atoms with E-state index in [0.717, 1.165) is 52.4 Å². The lowest BCUT2D eigenvalue weighted by Crippen LogP contribution is -2.41.